The molecule has 4 rings (SSSR count). The van der Waals surface area contributed by atoms with E-state index in [9.17, 15) is 13.6 Å². The summed E-state index contributed by atoms with van der Waals surface area (Å²) in [6, 6.07) is 2.14. The molecule has 0 bridgehead atoms. The Balaban J connectivity index is 1.25. The maximum absolute atomic E-state index is 12.9. The first-order valence-corrected chi connectivity index (χ1v) is 9.45. The summed E-state index contributed by atoms with van der Waals surface area (Å²) in [6.45, 7) is 4.04. The third-order valence-electron chi connectivity index (χ3n) is 5.50. The van der Waals surface area contributed by atoms with Crippen LogP contribution in [0, 0.1) is 17.8 Å². The van der Waals surface area contributed by atoms with Gasteiger partial charge in [-0.1, -0.05) is 0 Å². The normalized spacial score (nSPS) is 32.5. The average molecular weight is 356 g/mol. The summed E-state index contributed by atoms with van der Waals surface area (Å²) in [5.74, 6) is -2.68. The number of nitrogens with zero attached hydrogens (tertiary/aromatic N) is 1. The molecule has 132 valence electrons. The summed E-state index contributed by atoms with van der Waals surface area (Å²) in [4.78, 5) is 14.3. The van der Waals surface area contributed by atoms with E-state index in [1.807, 2.05) is 0 Å². The Morgan fingerprint density at radius 3 is 2.96 bits per heavy atom. The van der Waals surface area contributed by atoms with E-state index in [2.05, 4.69) is 27.0 Å². The first-order chi connectivity index (χ1) is 11.5. The third-order valence-corrected chi connectivity index (χ3v) is 6.23. The fraction of sp³-hybridized carbons (Fsp3) is 0.706. The van der Waals surface area contributed by atoms with E-state index < -0.39 is 11.8 Å². The second kappa shape index (κ2) is 6.35. The second-order valence-electron chi connectivity index (χ2n) is 7.33. The van der Waals surface area contributed by atoms with Gasteiger partial charge in [0.15, 0.2) is 0 Å². The average Bonchev–Trinajstić information content (AvgIpc) is 3.20. The topological polar surface area (TPSA) is 41.6 Å². The van der Waals surface area contributed by atoms with Crippen LogP contribution in [-0.4, -0.2) is 49.1 Å². The Hall–Kier alpha value is -1.05. The third kappa shape index (κ3) is 3.34. The lowest BCUT2D eigenvalue weighted by Crippen LogP contribution is -2.46. The van der Waals surface area contributed by atoms with Gasteiger partial charge in [0.1, 0.15) is 0 Å². The molecule has 1 aliphatic carbocycles. The molecule has 0 spiro atoms. The zero-order valence-electron chi connectivity index (χ0n) is 13.4. The minimum absolute atomic E-state index is 0.225. The lowest BCUT2D eigenvalue weighted by molar-refractivity contribution is -0.150. The molecule has 4 nitrogen and oxygen atoms in total. The number of likely N-dealkylation sites (tertiary alicyclic amines) is 1. The number of rotatable bonds is 5. The van der Waals surface area contributed by atoms with Crippen LogP contribution in [0.5, 0.6) is 0 Å². The molecule has 0 unspecified atom stereocenters. The number of carbonyl (C=O) groups is 1. The van der Waals surface area contributed by atoms with Crippen molar-refractivity contribution < 1.29 is 18.3 Å². The van der Waals surface area contributed by atoms with Crippen LogP contribution < -0.4 is 5.32 Å². The van der Waals surface area contributed by atoms with E-state index >= 15 is 0 Å². The van der Waals surface area contributed by atoms with Crippen molar-refractivity contribution in [2.24, 2.45) is 17.8 Å². The zero-order valence-corrected chi connectivity index (χ0v) is 14.2. The summed E-state index contributed by atoms with van der Waals surface area (Å²) in [5.41, 5.74) is 1.33. The number of hydrogen-bond donors (Lipinski definition) is 1. The standard InChI is InChI=1S/C17H22F2N2O2S/c18-17(19)3-12(4-17)16(22)20-5-13-9-23-15-8-21(7-14(13)15)6-11-1-2-24-10-11/h1-2,10,12-15H,3-9H2,(H,20,22)/t13-,14+,15+/m0/s1. The highest BCUT2D eigenvalue weighted by molar-refractivity contribution is 7.07. The number of fused-ring (bicyclic) bond motifs is 1. The number of amides is 1. The summed E-state index contributed by atoms with van der Waals surface area (Å²) >= 11 is 1.71. The first-order valence-electron chi connectivity index (χ1n) is 8.51. The Morgan fingerprint density at radius 1 is 1.42 bits per heavy atom. The molecule has 3 fully saturated rings. The van der Waals surface area contributed by atoms with Crippen LogP contribution in [0.1, 0.15) is 18.4 Å². The molecule has 0 radical (unpaired) electrons. The molecule has 1 N–H and O–H groups in total. The highest BCUT2D eigenvalue weighted by Gasteiger charge is 2.49. The van der Waals surface area contributed by atoms with Gasteiger partial charge in [0.05, 0.1) is 12.7 Å². The van der Waals surface area contributed by atoms with Gasteiger partial charge in [0.25, 0.3) is 0 Å². The molecular formula is C17H22F2N2O2S. The molecule has 3 heterocycles. The predicted molar refractivity (Wildman–Crippen MR) is 87.0 cm³/mol. The Kier molecular flexibility index (Phi) is 4.34. The van der Waals surface area contributed by atoms with Gasteiger partial charge in [0.2, 0.25) is 11.8 Å². The summed E-state index contributed by atoms with van der Waals surface area (Å²) < 4.78 is 31.6. The zero-order chi connectivity index (χ0) is 16.7. The lowest BCUT2D eigenvalue weighted by atomic mass is 9.80. The molecule has 1 saturated carbocycles. The van der Waals surface area contributed by atoms with Gasteiger partial charge in [0, 0.05) is 56.8 Å². The van der Waals surface area contributed by atoms with Crippen molar-refractivity contribution in [3.63, 3.8) is 0 Å². The predicted octanol–water partition coefficient (Wildman–Crippen LogP) is 2.36. The summed E-state index contributed by atoms with van der Waals surface area (Å²) in [7, 11) is 0. The minimum atomic E-state index is -2.64. The number of nitrogens with one attached hydrogen (secondary N) is 1. The van der Waals surface area contributed by atoms with Crippen LogP contribution in [0.15, 0.2) is 16.8 Å². The van der Waals surface area contributed by atoms with Crippen molar-refractivity contribution in [2.75, 3.05) is 26.2 Å². The molecule has 1 aromatic rings. The van der Waals surface area contributed by atoms with Crippen molar-refractivity contribution in [3.05, 3.63) is 22.4 Å². The van der Waals surface area contributed by atoms with E-state index in [0.717, 1.165) is 19.6 Å². The van der Waals surface area contributed by atoms with Gasteiger partial charge >= 0.3 is 0 Å². The molecule has 2 saturated heterocycles. The van der Waals surface area contributed by atoms with Crippen molar-refractivity contribution in [2.45, 2.75) is 31.4 Å². The van der Waals surface area contributed by atoms with Crippen molar-refractivity contribution in [3.8, 4) is 0 Å². The van der Waals surface area contributed by atoms with Gasteiger partial charge in [-0.2, -0.15) is 11.3 Å². The Morgan fingerprint density at radius 2 is 2.25 bits per heavy atom. The molecule has 3 aliphatic rings. The quantitative estimate of drug-likeness (QED) is 0.881. The van der Waals surface area contributed by atoms with Gasteiger partial charge < -0.3 is 10.1 Å². The number of ether oxygens (including phenoxy) is 1. The molecular weight excluding hydrogens is 334 g/mol. The number of hydrogen-bond acceptors (Lipinski definition) is 4. The van der Waals surface area contributed by atoms with E-state index in [1.54, 1.807) is 11.3 Å². The van der Waals surface area contributed by atoms with Crippen LogP contribution in [-0.2, 0) is 16.1 Å². The minimum Gasteiger partial charge on any atom is -0.376 e. The maximum atomic E-state index is 12.9. The number of alkyl halides is 2. The number of halogens is 2. The monoisotopic (exact) mass is 356 g/mol. The molecule has 1 amide bonds. The summed E-state index contributed by atoms with van der Waals surface area (Å²) in [6.07, 6.45) is -0.375. The summed E-state index contributed by atoms with van der Waals surface area (Å²) in [5, 5.41) is 7.12. The van der Waals surface area contributed by atoms with E-state index in [0.29, 0.717) is 19.1 Å². The fourth-order valence-corrected chi connectivity index (χ4v) is 4.74. The van der Waals surface area contributed by atoms with Gasteiger partial charge in [-0.15, -0.1) is 0 Å². The molecule has 2 aliphatic heterocycles. The van der Waals surface area contributed by atoms with Crippen LogP contribution in [0.4, 0.5) is 8.78 Å². The molecule has 7 heteroatoms. The van der Waals surface area contributed by atoms with Gasteiger partial charge in [-0.3, -0.25) is 9.69 Å². The maximum Gasteiger partial charge on any atom is 0.249 e. The first kappa shape index (κ1) is 16.4. The number of carbonyl (C=O) groups excluding carboxylic acids is 1. The van der Waals surface area contributed by atoms with Crippen molar-refractivity contribution in [1.82, 2.24) is 10.2 Å². The van der Waals surface area contributed by atoms with E-state index in [-0.39, 0.29) is 30.8 Å². The lowest BCUT2D eigenvalue weighted by Gasteiger charge is -2.34. The van der Waals surface area contributed by atoms with Crippen LogP contribution in [0.3, 0.4) is 0 Å². The van der Waals surface area contributed by atoms with Crippen LogP contribution in [0.25, 0.3) is 0 Å². The Bertz CT molecular complexity index is 587. The van der Waals surface area contributed by atoms with Crippen LogP contribution >= 0.6 is 11.3 Å². The van der Waals surface area contributed by atoms with Gasteiger partial charge in [-0.25, -0.2) is 8.78 Å². The SMILES string of the molecule is O=C(NC[C@H]1CO[C@@H]2CN(Cc3ccsc3)C[C@H]12)C1CC(F)(F)C1. The smallest absolute Gasteiger partial charge is 0.249 e. The van der Waals surface area contributed by atoms with Crippen molar-refractivity contribution >= 4 is 17.2 Å². The Labute approximate surface area is 144 Å². The number of thiophene rings is 1. The second-order valence-corrected chi connectivity index (χ2v) is 8.11. The largest absolute Gasteiger partial charge is 0.376 e. The van der Waals surface area contributed by atoms with Gasteiger partial charge in [-0.05, 0) is 22.4 Å². The van der Waals surface area contributed by atoms with Crippen LogP contribution in [0.2, 0.25) is 0 Å². The van der Waals surface area contributed by atoms with E-state index in [1.165, 1.54) is 5.56 Å². The fourth-order valence-electron chi connectivity index (χ4n) is 4.08. The highest BCUT2D eigenvalue weighted by Crippen LogP contribution is 2.42. The van der Waals surface area contributed by atoms with E-state index in [4.69, 9.17) is 4.74 Å². The molecule has 3 atom stereocenters. The molecule has 1 aromatic heterocycles. The molecule has 0 aromatic carbocycles. The van der Waals surface area contributed by atoms with Crippen molar-refractivity contribution in [1.29, 1.82) is 0 Å². The molecule has 24 heavy (non-hydrogen) atoms. The highest BCUT2D eigenvalue weighted by atomic mass is 32.1.